The Morgan fingerprint density at radius 1 is 0.956 bits per heavy atom. The monoisotopic (exact) mass is 648 g/mol. The first kappa shape index (κ1) is 37.0. The molecular formula is C34H56N4O6S. The van der Waals surface area contributed by atoms with E-state index in [1.807, 2.05) is 51.1 Å². The molecule has 45 heavy (non-hydrogen) atoms. The van der Waals surface area contributed by atoms with Crippen LogP contribution in [0.2, 0.25) is 0 Å². The number of β-amino-alcohol motifs (C(OH)–C–C–N with tert-alkyl or cyclic N) is 1. The van der Waals surface area contributed by atoms with E-state index in [1.54, 1.807) is 13.8 Å². The van der Waals surface area contributed by atoms with Crippen molar-refractivity contribution in [2.75, 3.05) is 19.3 Å². The largest absolute Gasteiger partial charge is 0.390 e. The third-order valence-electron chi connectivity index (χ3n) is 9.54. The van der Waals surface area contributed by atoms with Crippen LogP contribution in [0.25, 0.3) is 0 Å². The number of carbonyl (C=O) groups excluding carboxylic acids is 3. The fraction of sp³-hybridized carbons (Fsp3) is 0.735. The van der Waals surface area contributed by atoms with Gasteiger partial charge in [0.15, 0.2) is 9.84 Å². The molecule has 3 rings (SSSR count). The van der Waals surface area contributed by atoms with Gasteiger partial charge in [-0.3, -0.25) is 19.3 Å². The Morgan fingerprint density at radius 3 is 2.11 bits per heavy atom. The van der Waals surface area contributed by atoms with Gasteiger partial charge in [0.05, 0.1) is 22.9 Å². The predicted octanol–water partition coefficient (Wildman–Crippen LogP) is 2.83. The standard InChI is InChI=1S/C34H56N4O6S/c1-22(2)30(40)36-29(34(6,7)45(8,43)44)32(42)35-26(18-23-14-10-9-11-15-23)28(39)21-38-20-25-17-13-12-16-24(25)19-27(38)31(41)37-33(3,4)5/h9-11,14-15,22,24-29,39H,12-13,16-21H2,1-8H3,(H,35,42)(H,36,40)(H,37,41)/t24-,25+,26?,27?,28?,29+/m0/s1. The van der Waals surface area contributed by atoms with Crippen molar-refractivity contribution in [3.63, 3.8) is 0 Å². The lowest BCUT2D eigenvalue weighted by Gasteiger charge is -2.47. The molecule has 11 heteroatoms. The number of amides is 3. The quantitative estimate of drug-likeness (QED) is 0.273. The van der Waals surface area contributed by atoms with Crippen molar-refractivity contribution in [1.82, 2.24) is 20.9 Å². The number of hydrogen-bond acceptors (Lipinski definition) is 7. The fourth-order valence-corrected chi connectivity index (χ4v) is 7.08. The van der Waals surface area contributed by atoms with Crippen molar-refractivity contribution in [3.8, 4) is 0 Å². The molecule has 6 atom stereocenters. The van der Waals surface area contributed by atoms with Crippen LogP contribution in [-0.2, 0) is 30.6 Å². The van der Waals surface area contributed by atoms with Crippen molar-refractivity contribution in [2.24, 2.45) is 17.8 Å². The second-order valence-corrected chi connectivity index (χ2v) is 17.7. The molecule has 1 saturated heterocycles. The van der Waals surface area contributed by atoms with Gasteiger partial charge in [-0.25, -0.2) is 8.42 Å². The molecule has 1 aliphatic heterocycles. The van der Waals surface area contributed by atoms with Crippen LogP contribution < -0.4 is 16.0 Å². The first-order valence-electron chi connectivity index (χ1n) is 16.4. The molecule has 1 aromatic carbocycles. The topological polar surface area (TPSA) is 145 Å². The average Bonchev–Trinajstić information content (AvgIpc) is 2.93. The van der Waals surface area contributed by atoms with E-state index < -0.39 is 62.1 Å². The number of hydrogen-bond donors (Lipinski definition) is 4. The third kappa shape index (κ3) is 9.99. The summed E-state index contributed by atoms with van der Waals surface area (Å²) in [6, 6.07) is 6.81. The van der Waals surface area contributed by atoms with Gasteiger partial charge in [0.2, 0.25) is 17.7 Å². The summed E-state index contributed by atoms with van der Waals surface area (Å²) in [6.45, 7) is 12.9. The van der Waals surface area contributed by atoms with Crippen molar-refractivity contribution < 1.29 is 27.9 Å². The van der Waals surface area contributed by atoms with Gasteiger partial charge >= 0.3 is 0 Å². The molecule has 0 spiro atoms. The lowest BCUT2D eigenvalue weighted by Crippen LogP contribution is -2.64. The van der Waals surface area contributed by atoms with Crippen LogP contribution in [0.5, 0.6) is 0 Å². The smallest absolute Gasteiger partial charge is 0.244 e. The molecule has 1 aliphatic carbocycles. The Kier molecular flexibility index (Phi) is 12.3. The summed E-state index contributed by atoms with van der Waals surface area (Å²) in [7, 11) is -3.79. The van der Waals surface area contributed by atoms with E-state index in [2.05, 4.69) is 20.9 Å². The van der Waals surface area contributed by atoms with E-state index in [4.69, 9.17) is 0 Å². The molecule has 4 N–H and O–H groups in total. The summed E-state index contributed by atoms with van der Waals surface area (Å²) in [5.74, 6) is -0.763. The van der Waals surface area contributed by atoms with Crippen LogP contribution in [0, 0.1) is 17.8 Å². The molecule has 0 radical (unpaired) electrons. The second kappa shape index (κ2) is 14.9. The third-order valence-corrected chi connectivity index (χ3v) is 11.7. The molecule has 3 amide bonds. The number of carbonyl (C=O) groups is 3. The molecule has 1 heterocycles. The Hall–Kier alpha value is -2.50. The van der Waals surface area contributed by atoms with E-state index in [0.29, 0.717) is 18.4 Å². The number of likely N-dealkylation sites (tertiary alicyclic amines) is 1. The number of nitrogens with one attached hydrogen (secondary N) is 3. The molecule has 1 aromatic rings. The van der Waals surface area contributed by atoms with Gasteiger partial charge in [0.25, 0.3) is 0 Å². The number of piperidine rings is 1. The van der Waals surface area contributed by atoms with Gasteiger partial charge in [-0.15, -0.1) is 0 Å². The predicted molar refractivity (Wildman–Crippen MR) is 177 cm³/mol. The van der Waals surface area contributed by atoms with Gasteiger partial charge < -0.3 is 21.1 Å². The first-order chi connectivity index (χ1) is 20.8. The maximum Gasteiger partial charge on any atom is 0.244 e. The van der Waals surface area contributed by atoms with Crippen LogP contribution in [0.4, 0.5) is 0 Å². The molecule has 1 saturated carbocycles. The van der Waals surface area contributed by atoms with Gasteiger partial charge in [0.1, 0.15) is 6.04 Å². The molecule has 0 aromatic heterocycles. The zero-order valence-corrected chi connectivity index (χ0v) is 29.2. The molecule has 2 aliphatic rings. The van der Waals surface area contributed by atoms with E-state index in [9.17, 15) is 27.9 Å². The summed E-state index contributed by atoms with van der Waals surface area (Å²) in [6.07, 6.45) is 5.48. The van der Waals surface area contributed by atoms with Crippen LogP contribution >= 0.6 is 0 Å². The number of nitrogens with zero attached hydrogens (tertiary/aromatic N) is 1. The van der Waals surface area contributed by atoms with E-state index >= 15 is 0 Å². The molecular weight excluding hydrogens is 592 g/mol. The molecule has 254 valence electrons. The minimum atomic E-state index is -3.79. The fourth-order valence-electron chi connectivity index (χ4n) is 6.49. The molecule has 2 fully saturated rings. The summed E-state index contributed by atoms with van der Waals surface area (Å²) in [5.41, 5.74) is 0.469. The van der Waals surface area contributed by atoms with Gasteiger partial charge in [-0.2, -0.15) is 0 Å². The summed E-state index contributed by atoms with van der Waals surface area (Å²) in [5, 5.41) is 20.5. The highest BCUT2D eigenvalue weighted by Crippen LogP contribution is 2.39. The zero-order valence-electron chi connectivity index (χ0n) is 28.4. The highest BCUT2D eigenvalue weighted by atomic mass is 32.2. The van der Waals surface area contributed by atoms with Crippen molar-refractivity contribution in [1.29, 1.82) is 0 Å². The molecule has 3 unspecified atom stereocenters. The van der Waals surface area contributed by atoms with Gasteiger partial charge in [-0.1, -0.05) is 63.4 Å². The highest BCUT2D eigenvalue weighted by molar-refractivity contribution is 7.92. The lowest BCUT2D eigenvalue weighted by atomic mass is 9.72. The SMILES string of the molecule is CC(C)C(=O)N[C@H](C(=O)NC(Cc1ccccc1)C(O)CN1C[C@H]2CCCC[C@H]2CC1C(=O)NC(C)(C)C)C(C)(C)S(C)(=O)=O. The number of rotatable bonds is 12. The van der Waals surface area contributed by atoms with E-state index in [1.165, 1.54) is 20.3 Å². The maximum absolute atomic E-state index is 13.9. The van der Waals surface area contributed by atoms with Crippen molar-refractivity contribution in [3.05, 3.63) is 35.9 Å². The Morgan fingerprint density at radius 2 is 1.56 bits per heavy atom. The summed E-state index contributed by atoms with van der Waals surface area (Å²) >= 11 is 0. The van der Waals surface area contributed by atoms with Gasteiger partial charge in [0, 0.05) is 30.8 Å². The first-order valence-corrected chi connectivity index (χ1v) is 18.3. The molecule has 10 nitrogen and oxygen atoms in total. The lowest BCUT2D eigenvalue weighted by molar-refractivity contribution is -0.134. The summed E-state index contributed by atoms with van der Waals surface area (Å²) < 4.78 is 24.0. The number of aliphatic hydroxyl groups is 1. The minimum absolute atomic E-state index is 0.0614. The Balaban J connectivity index is 1.92. The maximum atomic E-state index is 13.9. The van der Waals surface area contributed by atoms with Crippen LogP contribution in [0.3, 0.4) is 0 Å². The van der Waals surface area contributed by atoms with Crippen LogP contribution in [0.1, 0.15) is 86.1 Å². The minimum Gasteiger partial charge on any atom is -0.390 e. The van der Waals surface area contributed by atoms with Crippen LogP contribution in [0.15, 0.2) is 30.3 Å². The second-order valence-electron chi connectivity index (χ2n) is 15.1. The normalized spacial score (nSPS) is 23.4. The zero-order chi connectivity index (χ0) is 33.7. The Bertz CT molecular complexity index is 1280. The number of sulfone groups is 1. The number of benzene rings is 1. The Labute approximate surface area is 270 Å². The number of fused-ring (bicyclic) bond motifs is 1. The van der Waals surface area contributed by atoms with E-state index in [0.717, 1.165) is 37.5 Å². The molecule has 0 bridgehead atoms. The number of aliphatic hydroxyl groups excluding tert-OH is 1. The summed E-state index contributed by atoms with van der Waals surface area (Å²) in [4.78, 5) is 42.3. The van der Waals surface area contributed by atoms with Gasteiger partial charge in [-0.05, 0) is 71.3 Å². The van der Waals surface area contributed by atoms with E-state index in [-0.39, 0.29) is 18.9 Å². The highest BCUT2D eigenvalue weighted by Gasteiger charge is 2.46. The van der Waals surface area contributed by atoms with Crippen molar-refractivity contribution >= 4 is 27.6 Å². The average molecular weight is 649 g/mol. The van der Waals surface area contributed by atoms with Crippen molar-refractivity contribution in [2.45, 2.75) is 122 Å². The van der Waals surface area contributed by atoms with Crippen LogP contribution in [-0.4, -0.2) is 90.0 Å².